The molecule has 0 spiro atoms. The number of aryl methyl sites for hydroxylation is 1. The average molecular weight is 456 g/mol. The smallest absolute Gasteiger partial charge is 0.224 e. The molecule has 1 atom stereocenters. The minimum Gasteiger partial charge on any atom is -0.392 e. The van der Waals surface area contributed by atoms with E-state index in [2.05, 4.69) is 10.6 Å². The van der Waals surface area contributed by atoms with E-state index in [1.807, 2.05) is 31.3 Å². The topological polar surface area (TPSA) is 74.2 Å². The third-order valence-electron chi connectivity index (χ3n) is 8.02. The predicted octanol–water partition coefficient (Wildman–Crippen LogP) is 4.95. The van der Waals surface area contributed by atoms with Gasteiger partial charge in [0.2, 0.25) is 5.91 Å². The number of halogens is 1. The van der Waals surface area contributed by atoms with E-state index in [0.717, 1.165) is 34.4 Å². The van der Waals surface area contributed by atoms with Crippen molar-refractivity contribution in [2.45, 2.75) is 63.9 Å². The molecule has 0 unspecified atom stereocenters. The molecule has 3 N–H and O–H groups in total. The van der Waals surface area contributed by atoms with E-state index in [4.69, 9.17) is 16.6 Å². The molecule has 5 nitrogen and oxygen atoms in total. The number of benzene rings is 1. The standard InChI is InChI=1S/C26H34ClN3O2/c1-28-15-20(31)4-2-19-3-5-21-23(29-19)7-6-22(27)25(21)30-24(32)14-26-11-16-8-17(12-26)10-18(9-16)13-26/h3,5-7,16-18,20,28,31H,2,4,8-15H2,1H3,(H,30,32)/t16?,17?,18?,20-,26?/m1/s1. The van der Waals surface area contributed by atoms with Crippen molar-refractivity contribution in [2.24, 2.45) is 23.2 Å². The van der Waals surface area contributed by atoms with Crippen molar-refractivity contribution >= 4 is 34.1 Å². The van der Waals surface area contributed by atoms with Gasteiger partial charge in [0, 0.05) is 24.0 Å². The lowest BCUT2D eigenvalue weighted by Gasteiger charge is -2.56. The van der Waals surface area contributed by atoms with Crippen LogP contribution in [0.4, 0.5) is 5.69 Å². The summed E-state index contributed by atoms with van der Waals surface area (Å²) in [5.41, 5.74) is 2.63. The zero-order valence-electron chi connectivity index (χ0n) is 18.9. The first-order valence-electron chi connectivity index (χ1n) is 12.1. The van der Waals surface area contributed by atoms with Crippen molar-refractivity contribution in [2.75, 3.05) is 18.9 Å². The lowest BCUT2D eigenvalue weighted by molar-refractivity contribution is -0.124. The molecule has 1 aromatic heterocycles. The molecule has 4 aliphatic rings. The highest BCUT2D eigenvalue weighted by Crippen LogP contribution is 2.61. The second-order valence-corrected chi connectivity index (χ2v) is 11.1. The third kappa shape index (κ3) is 4.52. The molecule has 1 heterocycles. The van der Waals surface area contributed by atoms with Crippen molar-refractivity contribution in [3.8, 4) is 0 Å². The predicted molar refractivity (Wildman–Crippen MR) is 129 cm³/mol. The first-order chi connectivity index (χ1) is 15.4. The minimum absolute atomic E-state index is 0.0839. The zero-order valence-corrected chi connectivity index (χ0v) is 19.6. The molecule has 4 aliphatic carbocycles. The fourth-order valence-corrected chi connectivity index (χ4v) is 7.38. The number of rotatable bonds is 8. The Labute approximate surface area is 195 Å². The molecule has 6 heteroatoms. The molecule has 0 saturated heterocycles. The van der Waals surface area contributed by atoms with E-state index in [0.29, 0.717) is 36.5 Å². The Balaban J connectivity index is 1.30. The van der Waals surface area contributed by atoms with Gasteiger partial charge in [-0.3, -0.25) is 9.78 Å². The van der Waals surface area contributed by atoms with Gasteiger partial charge in [0.25, 0.3) is 0 Å². The number of aliphatic hydroxyl groups is 1. The summed E-state index contributed by atoms with van der Waals surface area (Å²) in [5, 5.41) is 17.5. The first-order valence-corrected chi connectivity index (χ1v) is 12.5. The highest BCUT2D eigenvalue weighted by atomic mass is 35.5. The van der Waals surface area contributed by atoms with E-state index in [1.165, 1.54) is 38.5 Å². The van der Waals surface area contributed by atoms with E-state index in [1.54, 1.807) is 0 Å². The van der Waals surface area contributed by atoms with Gasteiger partial charge in [0.05, 0.1) is 22.3 Å². The second-order valence-electron chi connectivity index (χ2n) is 10.7. The van der Waals surface area contributed by atoms with Crippen molar-refractivity contribution in [3.63, 3.8) is 0 Å². The molecule has 4 bridgehead atoms. The Morgan fingerprint density at radius 3 is 2.50 bits per heavy atom. The SMILES string of the molecule is CNC[C@H](O)CCc1ccc2c(NC(=O)CC34CC5CC(CC(C5)C3)C4)c(Cl)ccc2n1. The van der Waals surface area contributed by atoms with Gasteiger partial charge >= 0.3 is 0 Å². The van der Waals surface area contributed by atoms with Gasteiger partial charge in [-0.15, -0.1) is 0 Å². The molecule has 172 valence electrons. The van der Waals surface area contributed by atoms with Crippen LogP contribution in [0.2, 0.25) is 5.02 Å². The number of carbonyl (C=O) groups is 1. The number of aliphatic hydroxyl groups excluding tert-OH is 1. The Morgan fingerprint density at radius 1 is 1.16 bits per heavy atom. The maximum atomic E-state index is 13.2. The van der Waals surface area contributed by atoms with Crippen LogP contribution in [0.15, 0.2) is 24.3 Å². The minimum atomic E-state index is -0.387. The normalized spacial score (nSPS) is 29.4. The summed E-state index contributed by atoms with van der Waals surface area (Å²) in [7, 11) is 1.83. The molecule has 1 aromatic carbocycles. The van der Waals surface area contributed by atoms with E-state index in [9.17, 15) is 9.90 Å². The molecule has 6 rings (SSSR count). The van der Waals surface area contributed by atoms with E-state index < -0.39 is 0 Å². The molecular weight excluding hydrogens is 422 g/mol. The summed E-state index contributed by atoms with van der Waals surface area (Å²) < 4.78 is 0. The van der Waals surface area contributed by atoms with Crippen LogP contribution in [-0.2, 0) is 11.2 Å². The van der Waals surface area contributed by atoms with Gasteiger partial charge in [0.15, 0.2) is 0 Å². The molecule has 4 saturated carbocycles. The van der Waals surface area contributed by atoms with Crippen molar-refractivity contribution in [1.82, 2.24) is 10.3 Å². The number of fused-ring (bicyclic) bond motifs is 1. The summed E-state index contributed by atoms with van der Waals surface area (Å²) in [6.45, 7) is 0.573. The van der Waals surface area contributed by atoms with Crippen LogP contribution in [0.1, 0.15) is 57.1 Å². The highest BCUT2D eigenvalue weighted by Gasteiger charge is 2.51. The molecule has 0 radical (unpaired) electrons. The highest BCUT2D eigenvalue weighted by molar-refractivity contribution is 6.35. The Bertz CT molecular complexity index is 973. The van der Waals surface area contributed by atoms with Crippen LogP contribution in [0.3, 0.4) is 0 Å². The van der Waals surface area contributed by atoms with E-state index >= 15 is 0 Å². The summed E-state index contributed by atoms with van der Waals surface area (Å²) >= 11 is 6.52. The maximum Gasteiger partial charge on any atom is 0.224 e. The van der Waals surface area contributed by atoms with Gasteiger partial charge in [-0.05, 0) is 106 Å². The van der Waals surface area contributed by atoms with Crippen LogP contribution in [0.5, 0.6) is 0 Å². The van der Waals surface area contributed by atoms with Crippen molar-refractivity contribution in [1.29, 1.82) is 0 Å². The van der Waals surface area contributed by atoms with Crippen LogP contribution in [0.25, 0.3) is 10.9 Å². The summed E-state index contributed by atoms with van der Waals surface area (Å²) in [6.07, 6.45) is 9.40. The quantitative estimate of drug-likeness (QED) is 0.526. The van der Waals surface area contributed by atoms with Gasteiger partial charge in [-0.2, -0.15) is 0 Å². The van der Waals surface area contributed by atoms with Crippen LogP contribution in [0, 0.1) is 23.2 Å². The fourth-order valence-electron chi connectivity index (χ4n) is 7.17. The number of likely N-dealkylation sites (N-methyl/N-ethyl adjacent to an activating group) is 1. The largest absolute Gasteiger partial charge is 0.392 e. The first kappa shape index (κ1) is 22.1. The number of hydrogen-bond donors (Lipinski definition) is 3. The number of aromatic nitrogens is 1. The van der Waals surface area contributed by atoms with Gasteiger partial charge < -0.3 is 15.7 Å². The molecule has 1 amide bonds. The number of anilines is 1. The molecule has 2 aromatic rings. The molecule has 4 fully saturated rings. The number of pyridine rings is 1. The second kappa shape index (κ2) is 8.92. The monoisotopic (exact) mass is 455 g/mol. The lowest BCUT2D eigenvalue weighted by Crippen LogP contribution is -2.47. The number of amides is 1. The van der Waals surface area contributed by atoms with Crippen molar-refractivity contribution < 1.29 is 9.90 Å². The van der Waals surface area contributed by atoms with E-state index in [-0.39, 0.29) is 17.4 Å². The lowest BCUT2D eigenvalue weighted by atomic mass is 9.49. The van der Waals surface area contributed by atoms with Gasteiger partial charge in [-0.25, -0.2) is 0 Å². The number of hydrogen-bond acceptors (Lipinski definition) is 4. The van der Waals surface area contributed by atoms with Crippen LogP contribution < -0.4 is 10.6 Å². The number of nitrogens with one attached hydrogen (secondary N) is 2. The zero-order chi connectivity index (χ0) is 22.3. The molecular formula is C26H34ClN3O2. The van der Waals surface area contributed by atoms with Crippen LogP contribution >= 0.6 is 11.6 Å². The van der Waals surface area contributed by atoms with Crippen LogP contribution in [-0.4, -0.2) is 35.7 Å². The fraction of sp³-hybridized carbons (Fsp3) is 0.615. The van der Waals surface area contributed by atoms with Crippen molar-refractivity contribution in [3.05, 3.63) is 35.0 Å². The summed E-state index contributed by atoms with van der Waals surface area (Å²) in [4.78, 5) is 17.9. The molecule has 0 aliphatic heterocycles. The summed E-state index contributed by atoms with van der Waals surface area (Å²) in [6, 6.07) is 7.69. The van der Waals surface area contributed by atoms with Gasteiger partial charge in [-0.1, -0.05) is 11.6 Å². The number of carbonyl (C=O) groups excluding carboxylic acids is 1. The summed E-state index contributed by atoms with van der Waals surface area (Å²) in [5.74, 6) is 2.60. The average Bonchev–Trinajstić information content (AvgIpc) is 2.73. The third-order valence-corrected chi connectivity index (χ3v) is 8.33. The Hall–Kier alpha value is -1.69. The van der Waals surface area contributed by atoms with Gasteiger partial charge in [0.1, 0.15) is 0 Å². The Kier molecular flexibility index (Phi) is 6.17. The Morgan fingerprint density at radius 2 is 1.84 bits per heavy atom. The number of nitrogens with zero attached hydrogens (tertiary/aromatic N) is 1. The maximum absolute atomic E-state index is 13.2. The molecule has 32 heavy (non-hydrogen) atoms.